The molecule has 0 bridgehead atoms. The summed E-state index contributed by atoms with van der Waals surface area (Å²) in [4.78, 5) is 26.3. The maximum atomic E-state index is 13.9. The number of methoxy groups -OCH3 is 2. The lowest BCUT2D eigenvalue weighted by Crippen LogP contribution is -2.40. The molecule has 0 aromatic heterocycles. The molecular weight excluding hydrogens is 339 g/mol. The number of nitrogens with one attached hydrogen (secondary N) is 1. The first-order valence-electron chi connectivity index (χ1n) is 8.00. The van der Waals surface area contributed by atoms with Crippen molar-refractivity contribution in [2.24, 2.45) is 0 Å². The van der Waals surface area contributed by atoms with Gasteiger partial charge in [-0.2, -0.15) is 0 Å². The lowest BCUT2D eigenvalue weighted by Gasteiger charge is -2.22. The third-order valence-corrected chi connectivity index (χ3v) is 4.50. The van der Waals surface area contributed by atoms with E-state index in [0.717, 1.165) is 4.90 Å². The van der Waals surface area contributed by atoms with Gasteiger partial charge in [0.05, 0.1) is 20.8 Å². The number of hydrogen-bond acceptors (Lipinski definition) is 4. The summed E-state index contributed by atoms with van der Waals surface area (Å²) in [5, 5.41) is 2.72. The van der Waals surface area contributed by atoms with Gasteiger partial charge in [-0.25, -0.2) is 9.18 Å². The predicted octanol–water partition coefficient (Wildman–Crippen LogP) is 2.81. The van der Waals surface area contributed by atoms with E-state index in [1.165, 1.54) is 19.2 Å². The number of nitrogens with zero attached hydrogens (tertiary/aromatic N) is 1. The number of carbonyl (C=O) groups excluding carboxylic acids is 2. The third-order valence-electron chi connectivity index (χ3n) is 4.50. The van der Waals surface area contributed by atoms with Crippen molar-refractivity contribution in [3.8, 4) is 11.5 Å². The molecule has 1 N–H and O–H groups in total. The number of ether oxygens (including phenoxy) is 2. The van der Waals surface area contributed by atoms with Crippen LogP contribution in [0, 0.1) is 5.82 Å². The first kappa shape index (κ1) is 17.7. The Bertz CT molecular complexity index is 853. The number of halogens is 1. The van der Waals surface area contributed by atoms with Gasteiger partial charge in [0.2, 0.25) is 0 Å². The Labute approximate surface area is 150 Å². The molecule has 0 saturated carbocycles. The molecule has 136 valence electrons. The van der Waals surface area contributed by atoms with Crippen LogP contribution >= 0.6 is 0 Å². The van der Waals surface area contributed by atoms with Crippen LogP contribution in [0.4, 0.5) is 9.18 Å². The van der Waals surface area contributed by atoms with Gasteiger partial charge in [-0.3, -0.25) is 9.69 Å². The largest absolute Gasteiger partial charge is 0.497 e. The first-order chi connectivity index (χ1) is 12.4. The molecule has 0 unspecified atom stereocenters. The van der Waals surface area contributed by atoms with Crippen LogP contribution in [0.15, 0.2) is 42.5 Å². The highest BCUT2D eigenvalue weighted by Crippen LogP contribution is 2.31. The van der Waals surface area contributed by atoms with E-state index in [0.29, 0.717) is 16.9 Å². The Balaban J connectivity index is 1.85. The summed E-state index contributed by atoms with van der Waals surface area (Å²) in [6.45, 7) is 1.61. The van der Waals surface area contributed by atoms with E-state index in [4.69, 9.17) is 9.47 Å². The van der Waals surface area contributed by atoms with Crippen LogP contribution in [0.2, 0.25) is 0 Å². The van der Waals surface area contributed by atoms with Crippen LogP contribution in [0.25, 0.3) is 0 Å². The van der Waals surface area contributed by atoms with Gasteiger partial charge in [0.15, 0.2) is 11.6 Å². The van der Waals surface area contributed by atoms with Crippen molar-refractivity contribution in [2.75, 3.05) is 14.2 Å². The van der Waals surface area contributed by atoms with E-state index in [1.807, 2.05) is 0 Å². The molecule has 3 amide bonds. The molecule has 1 aliphatic rings. The van der Waals surface area contributed by atoms with Gasteiger partial charge in [0.25, 0.3) is 5.91 Å². The highest BCUT2D eigenvalue weighted by atomic mass is 19.1. The van der Waals surface area contributed by atoms with Gasteiger partial charge in [-0.15, -0.1) is 0 Å². The molecule has 1 heterocycles. The van der Waals surface area contributed by atoms with E-state index in [9.17, 15) is 14.0 Å². The first-order valence-corrected chi connectivity index (χ1v) is 8.00. The van der Waals surface area contributed by atoms with E-state index < -0.39 is 23.3 Å². The molecule has 1 atom stereocenters. The number of urea groups is 1. The SMILES string of the molecule is COc1ccc([C@@]2(C)NC(=O)N(Cc3ccc(OC)c(F)c3)C2=O)cc1. The van der Waals surface area contributed by atoms with Crippen LogP contribution < -0.4 is 14.8 Å². The van der Waals surface area contributed by atoms with Crippen LogP contribution in [0.3, 0.4) is 0 Å². The Kier molecular flexibility index (Phi) is 4.54. The van der Waals surface area contributed by atoms with E-state index >= 15 is 0 Å². The maximum Gasteiger partial charge on any atom is 0.325 e. The second-order valence-electron chi connectivity index (χ2n) is 6.14. The number of amides is 3. The highest BCUT2D eigenvalue weighted by molar-refractivity contribution is 6.07. The molecule has 6 nitrogen and oxygen atoms in total. The third kappa shape index (κ3) is 2.96. The minimum Gasteiger partial charge on any atom is -0.497 e. The Morgan fingerprint density at radius 3 is 2.35 bits per heavy atom. The maximum absolute atomic E-state index is 13.9. The summed E-state index contributed by atoms with van der Waals surface area (Å²) in [7, 11) is 2.92. The van der Waals surface area contributed by atoms with Gasteiger partial charge in [0, 0.05) is 0 Å². The molecule has 0 aliphatic carbocycles. The van der Waals surface area contributed by atoms with Crippen LogP contribution in [-0.2, 0) is 16.9 Å². The normalized spacial score (nSPS) is 19.5. The summed E-state index contributed by atoms with van der Waals surface area (Å²) >= 11 is 0. The summed E-state index contributed by atoms with van der Waals surface area (Å²) in [5.74, 6) is -0.187. The number of imide groups is 1. The lowest BCUT2D eigenvalue weighted by molar-refractivity contribution is -0.131. The standard InChI is InChI=1S/C19H19FN2O4/c1-19(13-5-7-14(25-2)8-6-13)17(23)22(18(24)21-19)11-12-4-9-16(26-3)15(20)10-12/h4-10H,11H2,1-3H3,(H,21,24)/t19-/m1/s1. The van der Waals surface area contributed by atoms with Crippen molar-refractivity contribution in [1.29, 1.82) is 0 Å². The fraction of sp³-hybridized carbons (Fsp3) is 0.263. The van der Waals surface area contributed by atoms with Crippen molar-refractivity contribution in [3.63, 3.8) is 0 Å². The Morgan fingerprint density at radius 2 is 1.77 bits per heavy atom. The molecule has 7 heteroatoms. The smallest absolute Gasteiger partial charge is 0.325 e. The molecule has 3 rings (SSSR count). The number of rotatable bonds is 5. The van der Waals surface area contributed by atoms with Crippen LogP contribution in [0.1, 0.15) is 18.1 Å². The summed E-state index contributed by atoms with van der Waals surface area (Å²) in [5.41, 5.74) is -0.0557. The van der Waals surface area contributed by atoms with Crippen LogP contribution in [-0.4, -0.2) is 31.1 Å². The molecule has 0 spiro atoms. The monoisotopic (exact) mass is 358 g/mol. The molecule has 2 aromatic rings. The number of benzene rings is 2. The number of carbonyl (C=O) groups is 2. The van der Waals surface area contributed by atoms with Crippen molar-refractivity contribution >= 4 is 11.9 Å². The van der Waals surface area contributed by atoms with E-state index in [1.54, 1.807) is 44.4 Å². The highest BCUT2D eigenvalue weighted by Gasteiger charge is 2.48. The quantitative estimate of drug-likeness (QED) is 0.835. The van der Waals surface area contributed by atoms with Crippen molar-refractivity contribution in [1.82, 2.24) is 10.2 Å². The van der Waals surface area contributed by atoms with Crippen molar-refractivity contribution in [3.05, 3.63) is 59.4 Å². The molecule has 0 radical (unpaired) electrons. The van der Waals surface area contributed by atoms with Crippen molar-refractivity contribution in [2.45, 2.75) is 19.0 Å². The van der Waals surface area contributed by atoms with Crippen LogP contribution in [0.5, 0.6) is 11.5 Å². The zero-order valence-corrected chi connectivity index (χ0v) is 14.7. The second-order valence-corrected chi connectivity index (χ2v) is 6.14. The summed E-state index contributed by atoms with van der Waals surface area (Å²) < 4.78 is 23.9. The average Bonchev–Trinajstić information content (AvgIpc) is 2.86. The minimum absolute atomic E-state index is 0.0304. The van der Waals surface area contributed by atoms with E-state index in [2.05, 4.69) is 5.32 Å². The zero-order valence-electron chi connectivity index (χ0n) is 14.7. The van der Waals surface area contributed by atoms with Gasteiger partial charge in [-0.05, 0) is 42.3 Å². The predicted molar refractivity (Wildman–Crippen MR) is 92.4 cm³/mol. The average molecular weight is 358 g/mol. The van der Waals surface area contributed by atoms with Gasteiger partial charge >= 0.3 is 6.03 Å². The topological polar surface area (TPSA) is 67.9 Å². The summed E-state index contributed by atoms with van der Waals surface area (Å²) in [6.07, 6.45) is 0. The molecule has 1 saturated heterocycles. The summed E-state index contributed by atoms with van der Waals surface area (Å²) in [6, 6.07) is 10.7. The fourth-order valence-electron chi connectivity index (χ4n) is 2.95. The second kappa shape index (κ2) is 6.67. The molecule has 1 aliphatic heterocycles. The molecular formula is C19H19FN2O4. The number of hydrogen-bond donors (Lipinski definition) is 1. The minimum atomic E-state index is -1.19. The fourth-order valence-corrected chi connectivity index (χ4v) is 2.95. The van der Waals surface area contributed by atoms with E-state index in [-0.39, 0.29) is 12.3 Å². The van der Waals surface area contributed by atoms with Gasteiger partial charge < -0.3 is 14.8 Å². The van der Waals surface area contributed by atoms with Crippen molar-refractivity contribution < 1.29 is 23.5 Å². The Morgan fingerprint density at radius 1 is 1.08 bits per heavy atom. The molecule has 26 heavy (non-hydrogen) atoms. The molecule has 2 aromatic carbocycles. The molecule has 1 fully saturated rings. The lowest BCUT2D eigenvalue weighted by atomic mass is 9.92. The van der Waals surface area contributed by atoms with Gasteiger partial charge in [0.1, 0.15) is 11.3 Å². The zero-order chi connectivity index (χ0) is 18.9. The Hall–Kier alpha value is -3.09. The van der Waals surface area contributed by atoms with Gasteiger partial charge in [-0.1, -0.05) is 18.2 Å².